The van der Waals surface area contributed by atoms with Gasteiger partial charge in [0.15, 0.2) is 0 Å². The molecule has 3 aliphatic carbocycles. The number of benzene rings is 3. The van der Waals surface area contributed by atoms with E-state index >= 15 is 0 Å². The second-order valence-electron chi connectivity index (χ2n) is 33.0. The number of nitrogens with zero attached hydrogens (tertiary/aromatic N) is 9. The number of carbonyl (C=O) groups is 6. The maximum atomic E-state index is 13.2. The lowest BCUT2D eigenvalue weighted by Crippen LogP contribution is -2.46. The maximum Gasteiger partial charge on any atom is 0.239 e. The van der Waals surface area contributed by atoms with Crippen molar-refractivity contribution in [2.24, 2.45) is 47.0 Å². The highest BCUT2D eigenvalue weighted by Crippen LogP contribution is 2.51. The van der Waals surface area contributed by atoms with Crippen molar-refractivity contribution in [3.8, 4) is 0 Å². The van der Waals surface area contributed by atoms with Gasteiger partial charge in [0.05, 0.1) is 29.2 Å². The molecule has 3 aromatic carbocycles. The minimum absolute atomic E-state index is 0.00858. The first kappa shape index (κ1) is 86.4. The Hall–Kier alpha value is -4.40. The number of nitrogens with two attached hydrogens (primary N) is 2. The first-order chi connectivity index (χ1) is 54.2. The fourth-order valence-corrected chi connectivity index (χ4v) is 24.1. The smallest absolute Gasteiger partial charge is 0.239 e. The first-order valence-electron chi connectivity index (χ1n) is 40.8. The van der Waals surface area contributed by atoms with E-state index in [1.165, 1.54) is 55.8 Å². The number of pyridine rings is 3. The van der Waals surface area contributed by atoms with Crippen molar-refractivity contribution in [1.82, 2.24) is 44.4 Å². The highest BCUT2D eigenvalue weighted by atomic mass is 79.9. The molecule has 0 spiro atoms. The van der Waals surface area contributed by atoms with Crippen LogP contribution in [0.4, 0.5) is 0 Å². The quantitative estimate of drug-likeness (QED) is 0.118. The molecule has 6 saturated heterocycles. The summed E-state index contributed by atoms with van der Waals surface area (Å²) in [6, 6.07) is 18.1. The van der Waals surface area contributed by atoms with Crippen LogP contribution in [0.3, 0.4) is 0 Å². The summed E-state index contributed by atoms with van der Waals surface area (Å²) in [4.78, 5) is 103. The van der Waals surface area contributed by atoms with Crippen molar-refractivity contribution in [3.05, 3.63) is 182 Å². The fraction of sp³-hybridized carbons (Fsp3) is 0.552. The summed E-state index contributed by atoms with van der Waals surface area (Å²) in [5.74, 6) is 3.80. The van der Waals surface area contributed by atoms with Gasteiger partial charge >= 0.3 is 0 Å². The van der Waals surface area contributed by atoms with E-state index in [0.29, 0.717) is 87.4 Å². The number of rotatable bonds is 12. The summed E-state index contributed by atoms with van der Waals surface area (Å²) < 4.78 is 6.18. The van der Waals surface area contributed by atoms with Gasteiger partial charge in [0, 0.05) is 182 Å². The molecule has 0 bridgehead atoms. The van der Waals surface area contributed by atoms with Gasteiger partial charge in [-0.1, -0.05) is 89.5 Å². The zero-order chi connectivity index (χ0) is 80.1. The van der Waals surface area contributed by atoms with Gasteiger partial charge in [-0.3, -0.25) is 43.7 Å². The third-order valence-electron chi connectivity index (χ3n) is 25.6. The molecule has 9 aliphatic rings. The Labute approximate surface area is 731 Å². The molecule has 0 saturated carbocycles. The van der Waals surface area contributed by atoms with Crippen molar-refractivity contribution < 1.29 is 28.8 Å². The summed E-state index contributed by atoms with van der Waals surface area (Å²) >= 11 is 41.7. The zero-order valence-corrected chi connectivity index (χ0v) is 76.6. The standard InChI is InChI=1S/2C29H35Br2ClN4O2.C29H34Br2ClN3O2/c2*1-17(33)29(38)36-8-4-18(5-9-36)12-25(37)35-10-6-19(7-11-35)27-26-20(14-23(32)15-24(26)31)2-3-21-13-22(30)16-34-28(21)27;1-2-25(36)34-9-5-18(6-10-34)13-26(37)35-11-7-19(8-12-35)28-27-20(15-23(32)16-24(27)31)3-4-21-14-22(30)17-33-29(21)28/h2*13-19,27H,2-12,33H2,1H3;14-19,28H,2-13H2,1H3/t17-,27+;17-,27-;28-/m011/s1. The third-order valence-corrected chi connectivity index (χ3v) is 29.6. The number of piperidine rings is 6. The van der Waals surface area contributed by atoms with E-state index in [1.54, 1.807) is 13.8 Å². The molecule has 4 N–H and O–H groups in total. The van der Waals surface area contributed by atoms with Crippen molar-refractivity contribution in [3.63, 3.8) is 0 Å². The van der Waals surface area contributed by atoms with Gasteiger partial charge in [-0.2, -0.15) is 0 Å². The lowest BCUT2D eigenvalue weighted by Gasteiger charge is -2.38. The number of aryl methyl sites for hydroxylation is 6. The van der Waals surface area contributed by atoms with E-state index in [-0.39, 0.29) is 53.2 Å². The molecule has 3 aromatic heterocycles. The molecular formula is C87H104Br6Cl3N11O6. The topological polar surface area (TPSA) is 213 Å². The van der Waals surface area contributed by atoms with E-state index in [4.69, 9.17) is 61.2 Å². The monoisotopic (exact) mass is 1980 g/mol. The van der Waals surface area contributed by atoms with Crippen LogP contribution < -0.4 is 11.5 Å². The number of halogens is 9. The molecule has 6 aliphatic heterocycles. The van der Waals surface area contributed by atoms with Crippen LogP contribution in [0.25, 0.3) is 0 Å². The predicted molar refractivity (Wildman–Crippen MR) is 468 cm³/mol. The van der Waals surface area contributed by atoms with Gasteiger partial charge in [0.2, 0.25) is 35.4 Å². The number of likely N-dealkylation sites (tertiary alicyclic amines) is 6. The van der Waals surface area contributed by atoms with Gasteiger partial charge in [-0.15, -0.1) is 0 Å². The van der Waals surface area contributed by atoms with Gasteiger partial charge < -0.3 is 40.9 Å². The fourth-order valence-electron chi connectivity index (χ4n) is 19.6. The second kappa shape index (κ2) is 39.2. The van der Waals surface area contributed by atoms with Crippen LogP contribution in [0.2, 0.25) is 15.1 Å². The summed E-state index contributed by atoms with van der Waals surface area (Å²) in [5, 5.41) is 2.26. The van der Waals surface area contributed by atoms with Crippen LogP contribution in [0.5, 0.6) is 0 Å². The van der Waals surface area contributed by atoms with Gasteiger partial charge in [-0.25, -0.2) is 0 Å². The van der Waals surface area contributed by atoms with Gasteiger partial charge in [-0.05, 0) is 317 Å². The van der Waals surface area contributed by atoms with E-state index < -0.39 is 12.1 Å². The van der Waals surface area contributed by atoms with Crippen molar-refractivity contribution in [2.45, 2.75) is 192 Å². The Kier molecular flexibility index (Phi) is 30.0. The molecule has 113 heavy (non-hydrogen) atoms. The lowest BCUT2D eigenvalue weighted by molar-refractivity contribution is -0.137. The molecule has 15 rings (SSSR count). The van der Waals surface area contributed by atoms with Crippen LogP contribution >= 0.6 is 130 Å². The number of fused-ring (bicyclic) bond motifs is 6. The number of aromatic nitrogens is 3. The average molecular weight is 1990 g/mol. The van der Waals surface area contributed by atoms with Crippen LogP contribution in [-0.2, 0) is 67.3 Å². The highest BCUT2D eigenvalue weighted by molar-refractivity contribution is 9.11. The van der Waals surface area contributed by atoms with Gasteiger partial charge in [0.25, 0.3) is 0 Å². The molecule has 17 nitrogen and oxygen atoms in total. The van der Waals surface area contributed by atoms with Crippen LogP contribution in [-0.4, -0.2) is 170 Å². The van der Waals surface area contributed by atoms with Crippen molar-refractivity contribution in [1.29, 1.82) is 0 Å². The Bertz CT molecular complexity index is 4280. The summed E-state index contributed by atoms with van der Waals surface area (Å²) in [6.07, 6.45) is 24.7. The third kappa shape index (κ3) is 20.9. The predicted octanol–water partition coefficient (Wildman–Crippen LogP) is 18.2. The Morgan fingerprint density at radius 2 is 0.602 bits per heavy atom. The number of amides is 6. The molecule has 5 atom stereocenters. The average Bonchev–Trinajstić information content (AvgIpc) is 1.70. The van der Waals surface area contributed by atoms with Gasteiger partial charge in [0.1, 0.15) is 0 Å². The van der Waals surface area contributed by atoms with Crippen LogP contribution in [0, 0.1) is 35.5 Å². The number of carbonyl (C=O) groups excluding carboxylic acids is 6. The number of hydrogen-bond acceptors (Lipinski definition) is 11. The zero-order valence-electron chi connectivity index (χ0n) is 64.9. The van der Waals surface area contributed by atoms with Crippen molar-refractivity contribution in [2.75, 3.05) is 78.5 Å². The van der Waals surface area contributed by atoms with Crippen LogP contribution in [0.1, 0.15) is 208 Å². The number of hydrogen-bond donors (Lipinski definition) is 2. The molecule has 0 radical (unpaired) electrons. The van der Waals surface area contributed by atoms with E-state index in [1.807, 2.05) is 58.4 Å². The summed E-state index contributed by atoms with van der Waals surface area (Å²) in [5.41, 5.74) is 26.7. The highest BCUT2D eigenvalue weighted by Gasteiger charge is 2.42. The first-order valence-corrected chi connectivity index (χ1v) is 46.7. The Morgan fingerprint density at radius 1 is 0.363 bits per heavy atom. The lowest BCUT2D eigenvalue weighted by atomic mass is 9.76. The molecule has 0 unspecified atom stereocenters. The Balaban J connectivity index is 0.000000148. The molecule has 6 amide bonds. The minimum atomic E-state index is -0.462. The van der Waals surface area contributed by atoms with E-state index in [9.17, 15) is 28.8 Å². The largest absolute Gasteiger partial charge is 0.343 e. The SMILES string of the molecule is CCC(=O)N1CCC(CC(=O)N2CCC([C@H]3c4ncc(Br)cc4CCc4cc(Cl)cc(Br)c43)CC2)CC1.C[C@@H](N)C(=O)N1CCC(CC(=O)N2CCC([C@H]3c4ncc(Br)cc4CCc4cc(Cl)cc(Br)c43)CC2)CC1.C[C@H](N)C(=O)N1CCC(CC(=O)N2CCC([C@H]3c4ncc(Br)cc4CCc4cc(Cl)cc(Br)c43)CC2)CC1. The van der Waals surface area contributed by atoms with E-state index in [0.717, 1.165) is 221 Å². The molecule has 6 aromatic rings. The van der Waals surface area contributed by atoms with Crippen molar-refractivity contribution >= 4 is 166 Å². The molecule has 26 heteroatoms. The summed E-state index contributed by atoms with van der Waals surface area (Å²) in [7, 11) is 0. The molecule has 6 fully saturated rings. The Morgan fingerprint density at radius 3 is 0.858 bits per heavy atom. The van der Waals surface area contributed by atoms with Crippen LogP contribution in [0.15, 0.2) is 100 Å². The molecule has 9 heterocycles. The van der Waals surface area contributed by atoms with E-state index in [2.05, 4.69) is 147 Å². The maximum absolute atomic E-state index is 13.2. The summed E-state index contributed by atoms with van der Waals surface area (Å²) in [6.45, 7) is 14.4. The molecular weight excluding hydrogens is 1880 g/mol. The second-order valence-corrected chi connectivity index (χ2v) is 39.6. The normalized spacial score (nSPS) is 21.2. The minimum Gasteiger partial charge on any atom is -0.343 e. The molecule has 606 valence electrons.